The number of carbonyl (C=O) groups is 1. The molecule has 126 valence electrons. The van der Waals surface area contributed by atoms with E-state index in [0.29, 0.717) is 0 Å². The van der Waals surface area contributed by atoms with E-state index in [9.17, 15) is 4.79 Å². The largest absolute Gasteiger partial charge is 0.329 e. The molecule has 0 saturated heterocycles. The number of nitrogens with zero attached hydrogens (tertiary/aromatic N) is 4. The maximum Gasteiger partial charge on any atom is 0.247 e. The average molecular weight is 332 g/mol. The average Bonchev–Trinajstić information content (AvgIpc) is 3.07. The van der Waals surface area contributed by atoms with Crippen LogP contribution in [-0.4, -0.2) is 32.6 Å². The van der Waals surface area contributed by atoms with Crippen molar-refractivity contribution < 1.29 is 4.79 Å². The fraction of sp³-hybridized carbons (Fsp3) is 0.150. The van der Waals surface area contributed by atoms with Crippen LogP contribution in [0.1, 0.15) is 22.9 Å². The minimum atomic E-state index is -0.242. The molecule has 3 aromatic rings. The molecule has 0 unspecified atom stereocenters. The molecule has 0 bridgehead atoms. The molecule has 0 N–H and O–H groups in total. The summed E-state index contributed by atoms with van der Waals surface area (Å²) in [6, 6.07) is 15.4. The zero-order valence-electron chi connectivity index (χ0n) is 14.3. The second kappa shape index (κ2) is 7.57. The number of rotatable bonds is 5. The number of hydrogen-bond acceptors (Lipinski definition) is 3. The fourth-order valence-corrected chi connectivity index (χ4v) is 2.70. The lowest BCUT2D eigenvalue weighted by atomic mass is 10.0. The van der Waals surface area contributed by atoms with Gasteiger partial charge in [-0.05, 0) is 23.8 Å². The number of aromatic nitrogens is 3. The molecule has 5 heteroatoms. The van der Waals surface area contributed by atoms with E-state index in [1.165, 1.54) is 0 Å². The molecular formula is C20H20N4O. The van der Waals surface area contributed by atoms with Crippen LogP contribution < -0.4 is 0 Å². The van der Waals surface area contributed by atoms with Crippen LogP contribution in [0.4, 0.5) is 0 Å². The first-order chi connectivity index (χ1) is 12.1. The maximum atomic E-state index is 12.7. The molecule has 5 nitrogen and oxygen atoms in total. The molecule has 0 radical (unpaired) electrons. The lowest BCUT2D eigenvalue weighted by molar-refractivity contribution is -0.126. The summed E-state index contributed by atoms with van der Waals surface area (Å²) < 4.78 is 1.70. The van der Waals surface area contributed by atoms with Gasteiger partial charge in [-0.1, -0.05) is 36.4 Å². The van der Waals surface area contributed by atoms with E-state index >= 15 is 0 Å². The number of benzene rings is 1. The Balaban J connectivity index is 1.87. The van der Waals surface area contributed by atoms with Gasteiger partial charge in [0, 0.05) is 38.1 Å². The van der Waals surface area contributed by atoms with Crippen molar-refractivity contribution in [2.75, 3.05) is 7.05 Å². The number of amides is 1. The minimum Gasteiger partial charge on any atom is -0.329 e. The topological polar surface area (TPSA) is 51.0 Å². The second-order valence-electron chi connectivity index (χ2n) is 5.80. The summed E-state index contributed by atoms with van der Waals surface area (Å²) in [6.45, 7) is 0. The van der Waals surface area contributed by atoms with Gasteiger partial charge in [-0.2, -0.15) is 5.10 Å². The van der Waals surface area contributed by atoms with Gasteiger partial charge in [-0.25, -0.2) is 0 Å². The van der Waals surface area contributed by atoms with Crippen LogP contribution in [0.5, 0.6) is 0 Å². The van der Waals surface area contributed by atoms with Crippen molar-refractivity contribution in [3.63, 3.8) is 0 Å². The Kier molecular flexibility index (Phi) is 5.04. The molecule has 0 fully saturated rings. The van der Waals surface area contributed by atoms with Crippen molar-refractivity contribution in [3.8, 4) is 0 Å². The van der Waals surface area contributed by atoms with E-state index in [1.807, 2.05) is 61.8 Å². The first-order valence-corrected chi connectivity index (χ1v) is 8.04. The molecule has 3 rings (SSSR count). The van der Waals surface area contributed by atoms with Crippen LogP contribution in [0.15, 0.2) is 73.2 Å². The predicted octanol–water partition coefficient (Wildman–Crippen LogP) is 3.08. The van der Waals surface area contributed by atoms with Crippen LogP contribution in [-0.2, 0) is 11.8 Å². The molecule has 2 heterocycles. The molecule has 0 aliphatic carbocycles. The smallest absolute Gasteiger partial charge is 0.247 e. The van der Waals surface area contributed by atoms with E-state index < -0.39 is 0 Å². The molecule has 1 atom stereocenters. The molecule has 0 saturated carbocycles. The predicted molar refractivity (Wildman–Crippen MR) is 97.5 cm³/mol. The van der Waals surface area contributed by atoms with E-state index in [-0.39, 0.29) is 11.9 Å². The van der Waals surface area contributed by atoms with Crippen molar-refractivity contribution in [1.82, 2.24) is 19.7 Å². The number of pyridine rings is 1. The van der Waals surface area contributed by atoms with Crippen molar-refractivity contribution in [3.05, 3.63) is 90.0 Å². The third-order valence-electron chi connectivity index (χ3n) is 3.96. The van der Waals surface area contributed by atoms with Crippen LogP contribution in [0.2, 0.25) is 0 Å². The van der Waals surface area contributed by atoms with Crippen LogP contribution in [0.3, 0.4) is 0 Å². The molecule has 1 aromatic carbocycles. The lowest BCUT2D eigenvalue weighted by Gasteiger charge is -2.27. The van der Waals surface area contributed by atoms with Crippen LogP contribution in [0.25, 0.3) is 6.08 Å². The van der Waals surface area contributed by atoms with Crippen LogP contribution >= 0.6 is 0 Å². The quantitative estimate of drug-likeness (QED) is 0.675. The van der Waals surface area contributed by atoms with E-state index in [1.54, 1.807) is 41.2 Å². The molecule has 25 heavy (non-hydrogen) atoms. The molecule has 0 spiro atoms. The standard InChI is InChI=1S/C20H20N4O/c1-23-15-16(14-22-23)11-12-19(25)24(2)20(17-8-4-3-5-9-17)18-10-6-7-13-21-18/h3-15,20H,1-2H3/b12-11-/t20-/m1/s1. The SMILES string of the molecule is CN(C(=O)/C=C\c1cnn(C)c1)[C@H](c1ccccc1)c1ccccn1. The molecule has 1 amide bonds. The number of likely N-dealkylation sites (N-methyl/N-ethyl adjacent to an activating group) is 1. The van der Waals surface area contributed by atoms with Gasteiger partial charge in [0.05, 0.1) is 17.9 Å². The summed E-state index contributed by atoms with van der Waals surface area (Å²) in [4.78, 5) is 18.8. The van der Waals surface area contributed by atoms with Crippen molar-refractivity contribution in [2.45, 2.75) is 6.04 Å². The van der Waals surface area contributed by atoms with Crippen molar-refractivity contribution in [2.24, 2.45) is 7.05 Å². The van der Waals surface area contributed by atoms with Crippen molar-refractivity contribution >= 4 is 12.0 Å². The first-order valence-electron chi connectivity index (χ1n) is 8.04. The van der Waals surface area contributed by atoms with E-state index in [2.05, 4.69) is 10.1 Å². The number of carbonyl (C=O) groups excluding carboxylic acids is 1. The summed E-state index contributed by atoms with van der Waals surface area (Å²) in [7, 11) is 3.64. The summed E-state index contributed by atoms with van der Waals surface area (Å²) in [5.74, 6) is -0.0941. The Morgan fingerprint density at radius 2 is 1.92 bits per heavy atom. The zero-order valence-corrected chi connectivity index (χ0v) is 14.3. The Labute approximate surface area is 147 Å². The molecule has 0 aliphatic heterocycles. The van der Waals surface area contributed by atoms with E-state index in [4.69, 9.17) is 0 Å². The van der Waals surface area contributed by atoms with Gasteiger partial charge in [0.15, 0.2) is 0 Å². The summed E-state index contributed by atoms with van der Waals surface area (Å²) >= 11 is 0. The Hall–Kier alpha value is -3.21. The second-order valence-corrected chi connectivity index (χ2v) is 5.80. The minimum absolute atomic E-state index is 0.0941. The first kappa shape index (κ1) is 16.6. The van der Waals surface area contributed by atoms with E-state index in [0.717, 1.165) is 16.8 Å². The highest BCUT2D eigenvalue weighted by molar-refractivity contribution is 5.92. The Morgan fingerprint density at radius 1 is 1.16 bits per heavy atom. The highest BCUT2D eigenvalue weighted by Gasteiger charge is 2.23. The monoisotopic (exact) mass is 332 g/mol. The van der Waals surface area contributed by atoms with Crippen molar-refractivity contribution in [1.29, 1.82) is 0 Å². The third kappa shape index (κ3) is 4.01. The summed E-state index contributed by atoms with van der Waals surface area (Å²) in [5.41, 5.74) is 2.74. The van der Waals surface area contributed by atoms with Gasteiger partial charge < -0.3 is 4.90 Å². The van der Waals surface area contributed by atoms with Gasteiger partial charge >= 0.3 is 0 Å². The van der Waals surface area contributed by atoms with Gasteiger partial charge in [0.2, 0.25) is 5.91 Å². The number of hydrogen-bond donors (Lipinski definition) is 0. The lowest BCUT2D eigenvalue weighted by Crippen LogP contribution is -2.31. The molecule has 2 aromatic heterocycles. The fourth-order valence-electron chi connectivity index (χ4n) is 2.70. The van der Waals surface area contributed by atoms with Gasteiger partial charge in [-0.15, -0.1) is 0 Å². The normalized spacial score (nSPS) is 12.2. The summed E-state index contributed by atoms with van der Waals surface area (Å²) in [5, 5.41) is 4.10. The number of aryl methyl sites for hydroxylation is 1. The highest BCUT2D eigenvalue weighted by Crippen LogP contribution is 2.26. The molecule has 0 aliphatic rings. The van der Waals surface area contributed by atoms with Gasteiger partial charge in [-0.3, -0.25) is 14.5 Å². The van der Waals surface area contributed by atoms with Gasteiger partial charge in [0.1, 0.15) is 0 Å². The zero-order chi connectivity index (χ0) is 17.6. The summed E-state index contributed by atoms with van der Waals surface area (Å²) in [6.07, 6.45) is 8.66. The third-order valence-corrected chi connectivity index (χ3v) is 3.96. The molecular weight excluding hydrogens is 312 g/mol. The Morgan fingerprint density at radius 3 is 2.56 bits per heavy atom. The van der Waals surface area contributed by atoms with Gasteiger partial charge in [0.25, 0.3) is 0 Å². The Bertz CT molecular complexity index is 816. The highest BCUT2D eigenvalue weighted by atomic mass is 16.2. The maximum absolute atomic E-state index is 12.7. The van der Waals surface area contributed by atoms with Crippen LogP contribution in [0, 0.1) is 0 Å².